The lowest BCUT2D eigenvalue weighted by atomic mass is 10.1. The minimum atomic E-state index is 0.410. The first-order valence-electron chi connectivity index (χ1n) is 4.27. The Morgan fingerprint density at radius 2 is 1.87 bits per heavy atom. The Kier molecular flexibility index (Phi) is 2.84. The van der Waals surface area contributed by atoms with Crippen molar-refractivity contribution in [2.75, 3.05) is 0 Å². The van der Waals surface area contributed by atoms with E-state index in [-0.39, 0.29) is 0 Å². The van der Waals surface area contributed by atoms with Crippen LogP contribution in [0.4, 0.5) is 0 Å². The molecular formula is C10H7Cl2N3. The van der Waals surface area contributed by atoms with Crippen molar-refractivity contribution in [3.63, 3.8) is 0 Å². The highest BCUT2D eigenvalue weighted by Crippen LogP contribution is 2.21. The van der Waals surface area contributed by atoms with Gasteiger partial charge in [-0.3, -0.25) is 0 Å². The first kappa shape index (κ1) is 10.3. The summed E-state index contributed by atoms with van der Waals surface area (Å²) in [5.74, 6) is 0. The molecule has 5 heteroatoms. The summed E-state index contributed by atoms with van der Waals surface area (Å²) in [6, 6.07) is 3.60. The van der Waals surface area contributed by atoms with Gasteiger partial charge < -0.3 is 0 Å². The van der Waals surface area contributed by atoms with Crippen LogP contribution in [0, 0.1) is 6.92 Å². The molecule has 2 aromatic rings. The third-order valence-corrected chi connectivity index (χ3v) is 2.55. The molecule has 0 radical (unpaired) electrons. The number of hydrogen-bond acceptors (Lipinski definition) is 3. The first-order chi connectivity index (χ1) is 7.16. The Morgan fingerprint density at radius 3 is 2.53 bits per heavy atom. The second kappa shape index (κ2) is 4.13. The second-order valence-electron chi connectivity index (χ2n) is 3.06. The quantitative estimate of drug-likeness (QED) is 0.567. The molecule has 76 valence electrons. The molecular weight excluding hydrogens is 233 g/mol. The van der Waals surface area contributed by atoms with E-state index in [9.17, 15) is 0 Å². The van der Waals surface area contributed by atoms with Gasteiger partial charge in [0.05, 0.1) is 5.69 Å². The van der Waals surface area contributed by atoms with Crippen LogP contribution in [0.3, 0.4) is 0 Å². The van der Waals surface area contributed by atoms with Gasteiger partial charge in [-0.05, 0) is 18.6 Å². The largest absolute Gasteiger partial charge is 0.244 e. The van der Waals surface area contributed by atoms with E-state index in [4.69, 9.17) is 23.2 Å². The Bertz CT molecular complexity index is 500. The van der Waals surface area contributed by atoms with Crippen LogP contribution >= 0.6 is 23.2 Å². The van der Waals surface area contributed by atoms with E-state index in [0.29, 0.717) is 10.3 Å². The van der Waals surface area contributed by atoms with E-state index in [1.807, 2.05) is 13.0 Å². The molecule has 0 saturated carbocycles. The second-order valence-corrected chi connectivity index (χ2v) is 3.80. The third-order valence-electron chi connectivity index (χ3n) is 1.94. The molecule has 0 aliphatic carbocycles. The summed E-state index contributed by atoms with van der Waals surface area (Å²) < 4.78 is 0. The molecule has 2 aromatic heterocycles. The van der Waals surface area contributed by atoms with Gasteiger partial charge in [0.2, 0.25) is 0 Å². The van der Waals surface area contributed by atoms with Gasteiger partial charge in [0, 0.05) is 17.8 Å². The molecule has 0 fully saturated rings. The van der Waals surface area contributed by atoms with E-state index in [1.54, 1.807) is 12.3 Å². The molecule has 0 spiro atoms. The molecule has 0 aromatic carbocycles. The van der Waals surface area contributed by atoms with Gasteiger partial charge in [0.25, 0.3) is 0 Å². The van der Waals surface area contributed by atoms with Crippen LogP contribution in [0.5, 0.6) is 0 Å². The van der Waals surface area contributed by atoms with Crippen LogP contribution in [-0.2, 0) is 0 Å². The monoisotopic (exact) mass is 239 g/mol. The average Bonchev–Trinajstić information content (AvgIpc) is 2.22. The Hall–Kier alpha value is -1.19. The molecule has 0 unspecified atom stereocenters. The van der Waals surface area contributed by atoms with Gasteiger partial charge in [-0.25, -0.2) is 15.0 Å². The van der Waals surface area contributed by atoms with Crippen LogP contribution < -0.4 is 0 Å². The topological polar surface area (TPSA) is 38.7 Å². The molecule has 0 amide bonds. The van der Waals surface area contributed by atoms with Gasteiger partial charge in [-0.15, -0.1) is 0 Å². The van der Waals surface area contributed by atoms with E-state index >= 15 is 0 Å². The average molecular weight is 240 g/mol. The number of halogens is 2. The summed E-state index contributed by atoms with van der Waals surface area (Å²) in [5.41, 5.74) is 2.52. The zero-order chi connectivity index (χ0) is 10.8. The van der Waals surface area contributed by atoms with Gasteiger partial charge in [0.15, 0.2) is 0 Å². The van der Waals surface area contributed by atoms with Crippen LogP contribution in [0.2, 0.25) is 10.3 Å². The van der Waals surface area contributed by atoms with Crippen molar-refractivity contribution >= 4 is 23.2 Å². The highest BCUT2D eigenvalue weighted by Gasteiger charge is 2.03. The summed E-state index contributed by atoms with van der Waals surface area (Å²) in [6.45, 7) is 1.89. The molecule has 15 heavy (non-hydrogen) atoms. The van der Waals surface area contributed by atoms with E-state index < -0.39 is 0 Å². The molecule has 0 atom stereocenters. The summed E-state index contributed by atoms with van der Waals surface area (Å²) in [4.78, 5) is 12.0. The molecule has 0 N–H and O–H groups in total. The van der Waals surface area contributed by atoms with Crippen molar-refractivity contribution in [2.45, 2.75) is 6.92 Å². The summed E-state index contributed by atoms with van der Waals surface area (Å²) in [7, 11) is 0. The third kappa shape index (κ3) is 2.25. The lowest BCUT2D eigenvalue weighted by Crippen LogP contribution is -1.88. The minimum Gasteiger partial charge on any atom is -0.244 e. The summed E-state index contributed by atoms with van der Waals surface area (Å²) in [6.07, 6.45) is 3.08. The van der Waals surface area contributed by atoms with Crippen LogP contribution in [0.25, 0.3) is 11.3 Å². The molecule has 0 saturated heterocycles. The van der Waals surface area contributed by atoms with Crippen LogP contribution in [-0.4, -0.2) is 15.0 Å². The number of rotatable bonds is 1. The highest BCUT2D eigenvalue weighted by molar-refractivity contribution is 6.30. The number of aryl methyl sites for hydroxylation is 1. The van der Waals surface area contributed by atoms with Crippen LogP contribution in [0.15, 0.2) is 24.7 Å². The molecule has 2 rings (SSSR count). The lowest BCUT2D eigenvalue weighted by molar-refractivity contribution is 1.16. The van der Waals surface area contributed by atoms with Crippen molar-refractivity contribution < 1.29 is 0 Å². The predicted octanol–water partition coefficient (Wildman–Crippen LogP) is 3.15. The fraction of sp³-hybridized carbons (Fsp3) is 0.100. The van der Waals surface area contributed by atoms with Crippen molar-refractivity contribution in [1.29, 1.82) is 0 Å². The maximum Gasteiger partial charge on any atom is 0.133 e. The van der Waals surface area contributed by atoms with Crippen LogP contribution in [0.1, 0.15) is 5.56 Å². The highest BCUT2D eigenvalue weighted by atomic mass is 35.5. The van der Waals surface area contributed by atoms with Gasteiger partial charge in [-0.2, -0.15) is 0 Å². The zero-order valence-corrected chi connectivity index (χ0v) is 9.42. The van der Waals surface area contributed by atoms with Gasteiger partial charge >= 0.3 is 0 Å². The van der Waals surface area contributed by atoms with E-state index in [1.165, 1.54) is 6.33 Å². The smallest absolute Gasteiger partial charge is 0.133 e. The number of pyridine rings is 1. The first-order valence-corrected chi connectivity index (χ1v) is 5.02. The Morgan fingerprint density at radius 1 is 1.07 bits per heavy atom. The van der Waals surface area contributed by atoms with E-state index in [2.05, 4.69) is 15.0 Å². The standard InChI is InChI=1S/C10H7Cl2N3/c1-6-2-7(4-13-10(6)12)8-3-9(11)15-5-14-8/h2-5H,1H3. The number of hydrogen-bond donors (Lipinski definition) is 0. The van der Waals surface area contributed by atoms with Gasteiger partial charge in [0.1, 0.15) is 16.6 Å². The molecule has 3 nitrogen and oxygen atoms in total. The van der Waals surface area contributed by atoms with Crippen molar-refractivity contribution in [2.24, 2.45) is 0 Å². The predicted molar refractivity (Wildman–Crippen MR) is 60.0 cm³/mol. The number of aromatic nitrogens is 3. The van der Waals surface area contributed by atoms with Crippen molar-refractivity contribution in [1.82, 2.24) is 15.0 Å². The van der Waals surface area contributed by atoms with E-state index in [0.717, 1.165) is 16.8 Å². The SMILES string of the molecule is Cc1cc(-c2cc(Cl)ncn2)cnc1Cl. The maximum absolute atomic E-state index is 5.83. The van der Waals surface area contributed by atoms with Crippen molar-refractivity contribution in [3.8, 4) is 11.3 Å². The molecule has 0 bridgehead atoms. The lowest BCUT2D eigenvalue weighted by Gasteiger charge is -2.02. The summed E-state index contributed by atoms with van der Waals surface area (Å²) in [5, 5.41) is 0.909. The maximum atomic E-state index is 5.83. The molecule has 0 aliphatic heterocycles. The van der Waals surface area contributed by atoms with Crippen molar-refractivity contribution in [3.05, 3.63) is 40.5 Å². The Balaban J connectivity index is 2.50. The normalized spacial score (nSPS) is 10.3. The molecule has 2 heterocycles. The fourth-order valence-electron chi connectivity index (χ4n) is 1.19. The van der Waals surface area contributed by atoms with Gasteiger partial charge in [-0.1, -0.05) is 23.2 Å². The Labute approximate surface area is 97.1 Å². The summed E-state index contributed by atoms with van der Waals surface area (Å²) >= 11 is 11.6. The molecule has 0 aliphatic rings. The zero-order valence-electron chi connectivity index (χ0n) is 7.91. The minimum absolute atomic E-state index is 0.410. The fourth-order valence-corrected chi connectivity index (χ4v) is 1.44. The number of nitrogens with zero attached hydrogens (tertiary/aromatic N) is 3.